The molecule has 1 aliphatic heterocycles. The summed E-state index contributed by atoms with van der Waals surface area (Å²) in [5.41, 5.74) is 2.09. The minimum atomic E-state index is 0.102. The van der Waals surface area contributed by atoms with E-state index in [9.17, 15) is 4.79 Å². The van der Waals surface area contributed by atoms with E-state index in [0.717, 1.165) is 11.3 Å². The van der Waals surface area contributed by atoms with Crippen molar-refractivity contribution < 1.29 is 9.53 Å². The molecule has 1 fully saturated rings. The Labute approximate surface area is 135 Å². The number of aromatic nitrogens is 3. The first-order chi connectivity index (χ1) is 11.2. The van der Waals surface area contributed by atoms with Gasteiger partial charge in [-0.25, -0.2) is 4.68 Å². The molecule has 1 aromatic carbocycles. The molecule has 2 aromatic rings. The van der Waals surface area contributed by atoms with Crippen LogP contribution in [0.4, 0.5) is 0 Å². The van der Waals surface area contributed by atoms with Gasteiger partial charge in [-0.1, -0.05) is 17.3 Å². The van der Waals surface area contributed by atoms with Crippen LogP contribution in [0, 0.1) is 0 Å². The van der Waals surface area contributed by atoms with Gasteiger partial charge in [-0.3, -0.25) is 4.79 Å². The number of nitrogens with zero attached hydrogens (tertiary/aromatic N) is 4. The van der Waals surface area contributed by atoms with Crippen LogP contribution in [0.2, 0.25) is 0 Å². The number of amides is 1. The molecule has 1 N–H and O–H groups in total. The van der Waals surface area contributed by atoms with Gasteiger partial charge in [-0.2, -0.15) is 0 Å². The van der Waals surface area contributed by atoms with E-state index in [4.69, 9.17) is 4.74 Å². The Kier molecular flexibility index (Phi) is 4.99. The second kappa shape index (κ2) is 7.34. The van der Waals surface area contributed by atoms with Crippen molar-refractivity contribution in [3.63, 3.8) is 0 Å². The molecule has 1 amide bonds. The Morgan fingerprint density at radius 2 is 2.04 bits per heavy atom. The Morgan fingerprint density at radius 3 is 2.70 bits per heavy atom. The van der Waals surface area contributed by atoms with Crippen molar-refractivity contribution in [3.8, 4) is 5.69 Å². The third-order valence-corrected chi connectivity index (χ3v) is 4.00. The molecule has 23 heavy (non-hydrogen) atoms. The molecule has 1 aliphatic rings. The first-order valence-electron chi connectivity index (χ1n) is 7.79. The summed E-state index contributed by atoms with van der Waals surface area (Å²) in [5, 5.41) is 11.0. The zero-order valence-electron chi connectivity index (χ0n) is 13.2. The van der Waals surface area contributed by atoms with Crippen LogP contribution < -0.4 is 5.32 Å². The van der Waals surface area contributed by atoms with Crippen LogP contribution in [0.3, 0.4) is 0 Å². The molecule has 0 bridgehead atoms. The summed E-state index contributed by atoms with van der Waals surface area (Å²) >= 11 is 0. The smallest absolute Gasteiger partial charge is 0.236 e. The zero-order valence-corrected chi connectivity index (χ0v) is 13.2. The van der Waals surface area contributed by atoms with Crippen LogP contribution in [0.5, 0.6) is 0 Å². The van der Waals surface area contributed by atoms with Crippen molar-refractivity contribution in [2.24, 2.45) is 0 Å². The number of morpholine rings is 1. The van der Waals surface area contributed by atoms with Gasteiger partial charge in [0.2, 0.25) is 5.91 Å². The minimum absolute atomic E-state index is 0.102. The highest BCUT2D eigenvalue weighted by Gasteiger charge is 2.17. The Balaban J connectivity index is 1.53. The highest BCUT2D eigenvalue weighted by atomic mass is 16.5. The van der Waals surface area contributed by atoms with Gasteiger partial charge >= 0.3 is 0 Å². The van der Waals surface area contributed by atoms with E-state index in [0.29, 0.717) is 32.8 Å². The standard InChI is InChI=1S/C16H21N5O2/c1-13(17-12-16(22)20-8-10-23-11-9-20)14-2-4-15(5-3-14)21-7-6-18-19-21/h2-7,13,17H,8-12H2,1H3. The summed E-state index contributed by atoms with van der Waals surface area (Å²) in [7, 11) is 0. The summed E-state index contributed by atoms with van der Waals surface area (Å²) in [6, 6.07) is 8.16. The van der Waals surface area contributed by atoms with Crippen LogP contribution in [-0.2, 0) is 9.53 Å². The normalized spacial score (nSPS) is 16.3. The Morgan fingerprint density at radius 1 is 1.30 bits per heavy atom. The van der Waals surface area contributed by atoms with Gasteiger partial charge in [0.1, 0.15) is 0 Å². The lowest BCUT2D eigenvalue weighted by atomic mass is 10.1. The molecular weight excluding hydrogens is 294 g/mol. The first-order valence-corrected chi connectivity index (χ1v) is 7.79. The highest BCUT2D eigenvalue weighted by molar-refractivity contribution is 5.78. The maximum Gasteiger partial charge on any atom is 0.236 e. The van der Waals surface area contributed by atoms with Gasteiger partial charge in [0, 0.05) is 19.1 Å². The van der Waals surface area contributed by atoms with E-state index in [-0.39, 0.29) is 11.9 Å². The molecule has 0 spiro atoms. The summed E-state index contributed by atoms with van der Waals surface area (Å²) in [5.74, 6) is 0.124. The van der Waals surface area contributed by atoms with Crippen molar-refractivity contribution in [2.45, 2.75) is 13.0 Å². The number of carbonyl (C=O) groups excluding carboxylic acids is 1. The monoisotopic (exact) mass is 315 g/mol. The fourth-order valence-electron chi connectivity index (χ4n) is 2.54. The lowest BCUT2D eigenvalue weighted by Crippen LogP contribution is -2.45. The van der Waals surface area contributed by atoms with E-state index in [2.05, 4.69) is 22.6 Å². The van der Waals surface area contributed by atoms with Crippen molar-refractivity contribution in [2.75, 3.05) is 32.8 Å². The number of ether oxygens (including phenoxy) is 1. The van der Waals surface area contributed by atoms with Crippen molar-refractivity contribution in [1.29, 1.82) is 0 Å². The van der Waals surface area contributed by atoms with E-state index in [1.54, 1.807) is 17.1 Å². The topological polar surface area (TPSA) is 72.3 Å². The number of benzene rings is 1. The van der Waals surface area contributed by atoms with Crippen molar-refractivity contribution in [3.05, 3.63) is 42.2 Å². The SMILES string of the molecule is CC(NCC(=O)N1CCOCC1)c1ccc(-n2ccnn2)cc1. The molecule has 7 heteroatoms. The summed E-state index contributed by atoms with van der Waals surface area (Å²) in [6.07, 6.45) is 3.45. The second-order valence-corrected chi connectivity index (χ2v) is 5.53. The molecule has 0 aliphatic carbocycles. The number of hydrogen-bond acceptors (Lipinski definition) is 5. The summed E-state index contributed by atoms with van der Waals surface area (Å²) in [4.78, 5) is 14.0. The van der Waals surface area contributed by atoms with E-state index in [1.165, 1.54) is 0 Å². The van der Waals surface area contributed by atoms with E-state index >= 15 is 0 Å². The van der Waals surface area contributed by atoms with Crippen LogP contribution in [0.1, 0.15) is 18.5 Å². The van der Waals surface area contributed by atoms with Crippen molar-refractivity contribution >= 4 is 5.91 Å². The highest BCUT2D eigenvalue weighted by Crippen LogP contribution is 2.15. The van der Waals surface area contributed by atoms with Crippen LogP contribution >= 0.6 is 0 Å². The third-order valence-electron chi connectivity index (χ3n) is 4.00. The molecule has 2 heterocycles. The van der Waals surface area contributed by atoms with Gasteiger partial charge in [-0.15, -0.1) is 5.10 Å². The molecule has 122 valence electrons. The molecule has 1 saturated heterocycles. The molecular formula is C16H21N5O2. The van der Waals surface area contributed by atoms with Gasteiger partial charge in [-0.05, 0) is 24.6 Å². The molecule has 1 unspecified atom stereocenters. The summed E-state index contributed by atoms with van der Waals surface area (Å²) in [6.45, 7) is 5.02. The number of carbonyl (C=O) groups is 1. The number of rotatable bonds is 5. The fraction of sp³-hybridized carbons (Fsp3) is 0.438. The van der Waals surface area contributed by atoms with Gasteiger partial charge in [0.15, 0.2) is 0 Å². The van der Waals surface area contributed by atoms with Gasteiger partial charge < -0.3 is 15.0 Å². The zero-order chi connectivity index (χ0) is 16.1. The Hall–Kier alpha value is -2.25. The van der Waals surface area contributed by atoms with Crippen LogP contribution in [-0.4, -0.2) is 58.6 Å². The van der Waals surface area contributed by atoms with E-state index < -0.39 is 0 Å². The maximum absolute atomic E-state index is 12.1. The molecule has 0 radical (unpaired) electrons. The van der Waals surface area contributed by atoms with Crippen molar-refractivity contribution in [1.82, 2.24) is 25.2 Å². The number of hydrogen-bond donors (Lipinski definition) is 1. The average Bonchev–Trinajstić information content (AvgIpc) is 3.15. The van der Waals surface area contributed by atoms with E-state index in [1.807, 2.05) is 29.2 Å². The summed E-state index contributed by atoms with van der Waals surface area (Å²) < 4.78 is 6.97. The molecule has 1 aromatic heterocycles. The average molecular weight is 315 g/mol. The lowest BCUT2D eigenvalue weighted by molar-refractivity contribution is -0.134. The predicted octanol–water partition coefficient (Wildman–Crippen LogP) is 0.777. The van der Waals surface area contributed by atoms with Crippen LogP contribution in [0.15, 0.2) is 36.7 Å². The second-order valence-electron chi connectivity index (χ2n) is 5.53. The number of nitrogens with one attached hydrogen (secondary N) is 1. The minimum Gasteiger partial charge on any atom is -0.378 e. The fourth-order valence-corrected chi connectivity index (χ4v) is 2.54. The quantitative estimate of drug-likeness (QED) is 0.882. The third kappa shape index (κ3) is 3.94. The molecule has 0 saturated carbocycles. The molecule has 1 atom stereocenters. The maximum atomic E-state index is 12.1. The van der Waals surface area contributed by atoms with Crippen LogP contribution in [0.25, 0.3) is 5.69 Å². The van der Waals surface area contributed by atoms with Gasteiger partial charge in [0.05, 0.1) is 37.8 Å². The molecule has 7 nitrogen and oxygen atoms in total. The molecule has 3 rings (SSSR count). The lowest BCUT2D eigenvalue weighted by Gasteiger charge is -2.27. The first kappa shape index (κ1) is 15.6. The predicted molar refractivity (Wildman–Crippen MR) is 85.2 cm³/mol. The largest absolute Gasteiger partial charge is 0.378 e. The van der Waals surface area contributed by atoms with Gasteiger partial charge in [0.25, 0.3) is 0 Å². The Bertz CT molecular complexity index is 620.